The van der Waals surface area contributed by atoms with Crippen LogP contribution in [0.15, 0.2) is 83.5 Å². The molecule has 0 aromatic heterocycles. The average Bonchev–Trinajstić information content (AvgIpc) is 3.18. The van der Waals surface area contributed by atoms with E-state index in [1.807, 2.05) is 6.92 Å². The maximum atomic E-state index is 13.1. The lowest BCUT2D eigenvalue weighted by Crippen LogP contribution is -2.21. The van der Waals surface area contributed by atoms with Crippen LogP contribution in [0.4, 0.5) is 11.4 Å². The van der Waals surface area contributed by atoms with E-state index in [1.165, 1.54) is 17.1 Å². The lowest BCUT2D eigenvalue weighted by Gasteiger charge is -2.13. The number of anilines is 2. The third-order valence-electron chi connectivity index (χ3n) is 5.43. The SMILES string of the molecule is CCOc1ccc(NC(=O)COc2ccccc2C=C2C(=O)N(c3cccc(C(=O)O)c3)N=C2C)cc1. The van der Waals surface area contributed by atoms with Gasteiger partial charge in [-0.3, -0.25) is 9.59 Å². The van der Waals surface area contributed by atoms with Gasteiger partial charge in [0.2, 0.25) is 0 Å². The minimum absolute atomic E-state index is 0.0536. The number of nitrogens with zero attached hydrogens (tertiary/aromatic N) is 2. The third kappa shape index (κ3) is 6.02. The quantitative estimate of drug-likeness (QED) is 0.415. The highest BCUT2D eigenvalue weighted by Crippen LogP contribution is 2.28. The van der Waals surface area contributed by atoms with Crippen molar-refractivity contribution in [1.29, 1.82) is 0 Å². The maximum Gasteiger partial charge on any atom is 0.335 e. The topological polar surface area (TPSA) is 118 Å². The summed E-state index contributed by atoms with van der Waals surface area (Å²) >= 11 is 0. The molecule has 0 bridgehead atoms. The largest absolute Gasteiger partial charge is 0.494 e. The molecule has 1 heterocycles. The fourth-order valence-electron chi connectivity index (χ4n) is 3.66. The van der Waals surface area contributed by atoms with Gasteiger partial charge < -0.3 is 19.9 Å². The van der Waals surface area contributed by atoms with Crippen LogP contribution in [0, 0.1) is 0 Å². The molecule has 0 saturated carbocycles. The number of carbonyl (C=O) groups is 3. The van der Waals surface area contributed by atoms with Crippen molar-refractivity contribution in [2.24, 2.45) is 5.10 Å². The molecule has 0 fully saturated rings. The molecule has 0 unspecified atom stereocenters. The number of para-hydroxylation sites is 1. The Morgan fingerprint density at radius 1 is 1.03 bits per heavy atom. The Bertz CT molecular complexity index is 1400. The molecule has 9 heteroatoms. The van der Waals surface area contributed by atoms with Crippen LogP contribution in [0.2, 0.25) is 0 Å². The number of hydrazone groups is 1. The summed E-state index contributed by atoms with van der Waals surface area (Å²) in [7, 11) is 0. The molecule has 0 atom stereocenters. The van der Waals surface area contributed by atoms with Crippen molar-refractivity contribution in [2.45, 2.75) is 13.8 Å². The van der Waals surface area contributed by atoms with Crippen LogP contribution in [-0.4, -0.2) is 41.8 Å². The number of amides is 2. The predicted molar refractivity (Wildman–Crippen MR) is 140 cm³/mol. The third-order valence-corrected chi connectivity index (χ3v) is 5.43. The first-order valence-corrected chi connectivity index (χ1v) is 11.6. The fraction of sp³-hybridized carbons (Fsp3) is 0.143. The summed E-state index contributed by atoms with van der Waals surface area (Å²) in [5.41, 5.74) is 2.41. The van der Waals surface area contributed by atoms with Crippen LogP contribution in [0.1, 0.15) is 29.8 Å². The molecule has 1 aliphatic rings. The minimum atomic E-state index is -1.09. The molecule has 3 aromatic carbocycles. The van der Waals surface area contributed by atoms with Crippen molar-refractivity contribution in [2.75, 3.05) is 23.5 Å². The van der Waals surface area contributed by atoms with Gasteiger partial charge in [0.15, 0.2) is 6.61 Å². The van der Waals surface area contributed by atoms with Gasteiger partial charge >= 0.3 is 5.97 Å². The predicted octanol–water partition coefficient (Wildman–Crippen LogP) is 4.61. The van der Waals surface area contributed by atoms with Crippen molar-refractivity contribution in [3.05, 3.63) is 89.5 Å². The van der Waals surface area contributed by atoms with Gasteiger partial charge in [0.25, 0.3) is 11.8 Å². The first-order valence-electron chi connectivity index (χ1n) is 11.6. The molecular formula is C28H25N3O6. The second kappa shape index (κ2) is 11.2. The van der Waals surface area contributed by atoms with Crippen LogP contribution in [-0.2, 0) is 9.59 Å². The molecular weight excluding hydrogens is 474 g/mol. The van der Waals surface area contributed by atoms with E-state index in [1.54, 1.807) is 73.7 Å². The van der Waals surface area contributed by atoms with Crippen LogP contribution < -0.4 is 19.8 Å². The van der Waals surface area contributed by atoms with E-state index in [9.17, 15) is 19.5 Å². The van der Waals surface area contributed by atoms with E-state index in [2.05, 4.69) is 10.4 Å². The summed E-state index contributed by atoms with van der Waals surface area (Å²) in [6.07, 6.45) is 1.64. The molecule has 37 heavy (non-hydrogen) atoms. The highest BCUT2D eigenvalue weighted by atomic mass is 16.5. The smallest absolute Gasteiger partial charge is 0.335 e. The Morgan fingerprint density at radius 3 is 2.51 bits per heavy atom. The van der Waals surface area contributed by atoms with Crippen molar-refractivity contribution < 1.29 is 29.0 Å². The molecule has 3 aromatic rings. The maximum absolute atomic E-state index is 13.1. The van der Waals surface area contributed by atoms with Gasteiger partial charge in [-0.05, 0) is 68.5 Å². The summed E-state index contributed by atoms with van der Waals surface area (Å²) in [6.45, 7) is 3.91. The lowest BCUT2D eigenvalue weighted by atomic mass is 10.1. The molecule has 4 rings (SSSR count). The van der Waals surface area contributed by atoms with Gasteiger partial charge in [-0.1, -0.05) is 24.3 Å². The summed E-state index contributed by atoms with van der Waals surface area (Å²) in [5, 5.41) is 17.5. The van der Waals surface area contributed by atoms with Crippen LogP contribution in [0.3, 0.4) is 0 Å². The Kier molecular flexibility index (Phi) is 7.63. The fourth-order valence-corrected chi connectivity index (χ4v) is 3.66. The zero-order valence-electron chi connectivity index (χ0n) is 20.3. The summed E-state index contributed by atoms with van der Waals surface area (Å²) in [4.78, 5) is 36.9. The molecule has 0 radical (unpaired) electrons. The number of hydrogen-bond acceptors (Lipinski definition) is 6. The number of carboxylic acids is 1. The highest BCUT2D eigenvalue weighted by molar-refractivity contribution is 6.32. The molecule has 2 amide bonds. The van der Waals surface area contributed by atoms with Crippen LogP contribution in [0.25, 0.3) is 6.08 Å². The van der Waals surface area contributed by atoms with E-state index >= 15 is 0 Å². The van der Waals surface area contributed by atoms with Crippen molar-refractivity contribution >= 4 is 40.9 Å². The highest BCUT2D eigenvalue weighted by Gasteiger charge is 2.29. The van der Waals surface area contributed by atoms with Gasteiger partial charge in [-0.15, -0.1) is 0 Å². The molecule has 188 valence electrons. The van der Waals surface area contributed by atoms with E-state index in [0.717, 1.165) is 0 Å². The summed E-state index contributed by atoms with van der Waals surface area (Å²) in [6, 6.07) is 20.1. The Hall–Kier alpha value is -4.92. The second-order valence-corrected chi connectivity index (χ2v) is 8.05. The standard InChI is InChI=1S/C28H25N3O6/c1-3-36-23-13-11-21(12-14-23)29-26(32)17-37-25-10-5-4-7-19(25)16-24-18(2)30-31(27(24)33)22-9-6-8-20(15-22)28(34)35/h4-16H,3,17H2,1-2H3,(H,29,32)(H,34,35). The minimum Gasteiger partial charge on any atom is -0.494 e. The first-order chi connectivity index (χ1) is 17.9. The average molecular weight is 500 g/mol. The van der Waals surface area contributed by atoms with Crippen LogP contribution >= 0.6 is 0 Å². The summed E-state index contributed by atoms with van der Waals surface area (Å²) in [5.74, 6) is -0.701. The van der Waals surface area contributed by atoms with Gasteiger partial charge in [-0.25, -0.2) is 4.79 Å². The van der Waals surface area contributed by atoms with E-state index in [0.29, 0.717) is 46.3 Å². The summed E-state index contributed by atoms with van der Waals surface area (Å²) < 4.78 is 11.2. The van der Waals surface area contributed by atoms with Crippen molar-refractivity contribution in [1.82, 2.24) is 0 Å². The molecule has 2 N–H and O–H groups in total. The van der Waals surface area contributed by atoms with E-state index in [-0.39, 0.29) is 18.1 Å². The Labute approximate surface area is 213 Å². The Morgan fingerprint density at radius 2 is 1.78 bits per heavy atom. The lowest BCUT2D eigenvalue weighted by molar-refractivity contribution is -0.118. The molecule has 9 nitrogen and oxygen atoms in total. The molecule has 1 aliphatic heterocycles. The van der Waals surface area contributed by atoms with Gasteiger partial charge in [0, 0.05) is 11.3 Å². The second-order valence-electron chi connectivity index (χ2n) is 8.05. The molecule has 0 saturated heterocycles. The van der Waals surface area contributed by atoms with Crippen molar-refractivity contribution in [3.8, 4) is 11.5 Å². The van der Waals surface area contributed by atoms with Gasteiger partial charge in [0.1, 0.15) is 11.5 Å². The molecule has 0 spiro atoms. The first kappa shape index (κ1) is 25.2. The molecule has 0 aliphatic carbocycles. The van der Waals surface area contributed by atoms with Crippen molar-refractivity contribution in [3.63, 3.8) is 0 Å². The number of rotatable bonds is 9. The number of ether oxygens (including phenoxy) is 2. The number of carboxylic acid groups (broad SMARTS) is 1. The Balaban J connectivity index is 1.46. The number of aromatic carboxylic acids is 1. The van der Waals surface area contributed by atoms with E-state index < -0.39 is 11.9 Å². The van der Waals surface area contributed by atoms with E-state index in [4.69, 9.17) is 9.47 Å². The van der Waals surface area contributed by atoms with Gasteiger partial charge in [-0.2, -0.15) is 10.1 Å². The monoisotopic (exact) mass is 499 g/mol. The number of hydrogen-bond donors (Lipinski definition) is 2. The number of carbonyl (C=O) groups excluding carboxylic acids is 2. The van der Waals surface area contributed by atoms with Crippen LogP contribution in [0.5, 0.6) is 11.5 Å². The normalized spacial score (nSPS) is 13.9. The number of benzene rings is 3. The zero-order chi connectivity index (χ0) is 26.4. The zero-order valence-corrected chi connectivity index (χ0v) is 20.3. The number of nitrogens with one attached hydrogen (secondary N) is 1. The van der Waals surface area contributed by atoms with Gasteiger partial charge in [0.05, 0.1) is 29.1 Å².